The van der Waals surface area contributed by atoms with Crippen molar-refractivity contribution in [3.63, 3.8) is 0 Å². The highest BCUT2D eigenvalue weighted by Crippen LogP contribution is 2.13. The van der Waals surface area contributed by atoms with Gasteiger partial charge < -0.3 is 14.6 Å². The van der Waals surface area contributed by atoms with E-state index in [1.54, 1.807) is 13.8 Å². The Morgan fingerprint density at radius 3 is 1.94 bits per heavy atom. The average Bonchev–Trinajstić information content (AvgIpc) is 2.30. The molecule has 0 fully saturated rings. The van der Waals surface area contributed by atoms with E-state index in [0.717, 1.165) is 6.42 Å². The van der Waals surface area contributed by atoms with Crippen molar-refractivity contribution in [1.29, 1.82) is 0 Å². The van der Waals surface area contributed by atoms with Crippen molar-refractivity contribution in [3.05, 3.63) is 11.5 Å². The first kappa shape index (κ1) is 15.5. The molecule has 98 valence electrons. The van der Waals surface area contributed by atoms with Gasteiger partial charge in [-0.25, -0.2) is 4.79 Å². The minimum Gasteiger partial charge on any atom is -0.487 e. The van der Waals surface area contributed by atoms with E-state index in [1.165, 1.54) is 0 Å². The van der Waals surface area contributed by atoms with Gasteiger partial charge in [-0.3, -0.25) is 4.79 Å². The molecule has 0 saturated heterocycles. The molecule has 0 bridgehead atoms. The van der Waals surface area contributed by atoms with E-state index >= 15 is 0 Å². The van der Waals surface area contributed by atoms with Crippen molar-refractivity contribution in [1.82, 2.24) is 0 Å². The molecule has 5 nitrogen and oxygen atoms in total. The lowest BCUT2D eigenvalue weighted by molar-refractivity contribution is -0.138. The molecule has 1 N–H and O–H groups in total. The monoisotopic (exact) mass is 244 g/mol. The van der Waals surface area contributed by atoms with Gasteiger partial charge in [0.25, 0.3) is 5.76 Å². The number of unbranched alkanes of at least 4 members (excludes halogenated alkanes) is 1. The molecule has 0 radical (unpaired) electrons. The molecule has 0 spiro atoms. The van der Waals surface area contributed by atoms with Gasteiger partial charge in [-0.05, 0) is 20.3 Å². The summed E-state index contributed by atoms with van der Waals surface area (Å²) < 4.78 is 10.1. The van der Waals surface area contributed by atoms with Crippen molar-refractivity contribution in [3.8, 4) is 0 Å². The standard InChI is InChI=1S/C12H20O5/c1-4-7-8-9(13)10(16-5-2)11(12(14)15)17-6-3/h4-8H2,1-3H3,(H,14,15)/b11-10+. The third kappa shape index (κ3) is 5.38. The van der Waals surface area contributed by atoms with E-state index in [4.69, 9.17) is 14.6 Å². The van der Waals surface area contributed by atoms with Crippen molar-refractivity contribution in [2.24, 2.45) is 0 Å². The van der Waals surface area contributed by atoms with E-state index in [-0.39, 0.29) is 31.2 Å². The van der Waals surface area contributed by atoms with Gasteiger partial charge in [0.15, 0.2) is 0 Å². The summed E-state index contributed by atoms with van der Waals surface area (Å²) in [5.41, 5.74) is 0. The van der Waals surface area contributed by atoms with Gasteiger partial charge in [0, 0.05) is 6.42 Å². The van der Waals surface area contributed by atoms with Gasteiger partial charge in [-0.1, -0.05) is 13.3 Å². The number of Topliss-reactive ketones (excluding diaryl/α,β-unsaturated/α-hetero) is 1. The van der Waals surface area contributed by atoms with Crippen molar-refractivity contribution in [2.75, 3.05) is 13.2 Å². The maximum Gasteiger partial charge on any atom is 0.375 e. The zero-order chi connectivity index (χ0) is 13.3. The van der Waals surface area contributed by atoms with Gasteiger partial charge in [0.1, 0.15) is 0 Å². The van der Waals surface area contributed by atoms with Gasteiger partial charge in [-0.2, -0.15) is 0 Å². The first-order valence-corrected chi connectivity index (χ1v) is 5.84. The van der Waals surface area contributed by atoms with E-state index in [9.17, 15) is 9.59 Å². The van der Waals surface area contributed by atoms with Crippen LogP contribution in [0.4, 0.5) is 0 Å². The number of rotatable bonds is 9. The zero-order valence-electron chi connectivity index (χ0n) is 10.6. The summed E-state index contributed by atoms with van der Waals surface area (Å²) >= 11 is 0. The maximum absolute atomic E-state index is 11.8. The van der Waals surface area contributed by atoms with Gasteiger partial charge >= 0.3 is 5.97 Å². The predicted octanol–water partition coefficient (Wildman–Crippen LogP) is 2.11. The number of ketones is 1. The molecule has 5 heteroatoms. The molecule has 0 atom stereocenters. The topological polar surface area (TPSA) is 72.8 Å². The van der Waals surface area contributed by atoms with Crippen molar-refractivity contribution in [2.45, 2.75) is 40.0 Å². The number of carbonyl (C=O) groups excluding carboxylic acids is 1. The van der Waals surface area contributed by atoms with E-state index in [1.807, 2.05) is 6.92 Å². The summed E-state index contributed by atoms with van der Waals surface area (Å²) in [5, 5.41) is 8.96. The Morgan fingerprint density at radius 2 is 1.53 bits per heavy atom. The fourth-order valence-electron chi connectivity index (χ4n) is 1.24. The van der Waals surface area contributed by atoms with Crippen LogP contribution in [-0.4, -0.2) is 30.1 Å². The van der Waals surface area contributed by atoms with Gasteiger partial charge in [-0.15, -0.1) is 0 Å². The molecule has 0 aliphatic heterocycles. The summed E-state index contributed by atoms with van der Waals surface area (Å²) in [5.74, 6) is -2.16. The highest BCUT2D eigenvalue weighted by molar-refractivity contribution is 6.00. The van der Waals surface area contributed by atoms with Crippen LogP contribution in [0.1, 0.15) is 40.0 Å². The van der Waals surface area contributed by atoms with Crippen LogP contribution in [0.3, 0.4) is 0 Å². The smallest absolute Gasteiger partial charge is 0.375 e. The lowest BCUT2D eigenvalue weighted by atomic mass is 10.1. The van der Waals surface area contributed by atoms with Crippen molar-refractivity contribution >= 4 is 11.8 Å². The average molecular weight is 244 g/mol. The normalized spacial score (nSPS) is 11.7. The number of carbonyl (C=O) groups is 2. The molecule has 0 aromatic carbocycles. The quantitative estimate of drug-likeness (QED) is 0.496. The van der Waals surface area contributed by atoms with Crippen LogP contribution in [0, 0.1) is 0 Å². The Labute approximate surface area is 101 Å². The Bertz CT molecular complexity index is 293. The second kappa shape index (κ2) is 8.61. The highest BCUT2D eigenvalue weighted by atomic mass is 16.5. The molecule has 0 heterocycles. The third-order valence-corrected chi connectivity index (χ3v) is 1.99. The number of hydrogen-bond donors (Lipinski definition) is 1. The van der Waals surface area contributed by atoms with Crippen LogP contribution in [0.25, 0.3) is 0 Å². The Balaban J connectivity index is 5.04. The molecule has 0 saturated carbocycles. The Kier molecular flexibility index (Phi) is 7.84. The second-order valence-electron chi connectivity index (χ2n) is 3.36. The van der Waals surface area contributed by atoms with Crippen molar-refractivity contribution < 1.29 is 24.2 Å². The summed E-state index contributed by atoms with van der Waals surface area (Å²) in [6.07, 6.45) is 1.84. The molecule has 0 amide bonds. The van der Waals surface area contributed by atoms with Crippen LogP contribution in [0.15, 0.2) is 11.5 Å². The minimum atomic E-state index is -1.28. The number of carboxylic acids is 1. The van der Waals surface area contributed by atoms with E-state index in [2.05, 4.69) is 0 Å². The molecule has 0 aromatic heterocycles. The molecular weight excluding hydrogens is 224 g/mol. The molecule has 17 heavy (non-hydrogen) atoms. The molecule has 0 aliphatic rings. The fraction of sp³-hybridized carbons (Fsp3) is 0.667. The molecular formula is C12H20O5. The first-order valence-electron chi connectivity index (χ1n) is 5.84. The van der Waals surface area contributed by atoms with Crippen LogP contribution >= 0.6 is 0 Å². The lowest BCUT2D eigenvalue weighted by Gasteiger charge is -2.11. The number of ether oxygens (including phenoxy) is 2. The fourth-order valence-corrected chi connectivity index (χ4v) is 1.24. The molecule has 0 unspecified atom stereocenters. The van der Waals surface area contributed by atoms with Crippen LogP contribution < -0.4 is 0 Å². The highest BCUT2D eigenvalue weighted by Gasteiger charge is 2.23. The summed E-state index contributed by atoms with van der Waals surface area (Å²) in [7, 11) is 0. The maximum atomic E-state index is 11.8. The Morgan fingerprint density at radius 1 is 1.00 bits per heavy atom. The van der Waals surface area contributed by atoms with Crippen LogP contribution in [0.5, 0.6) is 0 Å². The molecule has 0 aliphatic carbocycles. The first-order chi connectivity index (χ1) is 8.08. The van der Waals surface area contributed by atoms with Gasteiger partial charge in [0.05, 0.1) is 13.2 Å². The number of carboxylic acid groups (broad SMARTS) is 1. The van der Waals surface area contributed by atoms with E-state index < -0.39 is 11.7 Å². The number of hydrogen-bond acceptors (Lipinski definition) is 4. The number of allylic oxidation sites excluding steroid dienone is 1. The molecule has 0 aromatic rings. The zero-order valence-corrected chi connectivity index (χ0v) is 10.6. The number of aliphatic carboxylic acids is 1. The van der Waals surface area contributed by atoms with Crippen LogP contribution in [-0.2, 0) is 19.1 Å². The Hall–Kier alpha value is -1.52. The largest absolute Gasteiger partial charge is 0.487 e. The predicted molar refractivity (Wildman–Crippen MR) is 62.4 cm³/mol. The minimum absolute atomic E-state index is 0.171. The van der Waals surface area contributed by atoms with Gasteiger partial charge in [0.2, 0.25) is 11.5 Å². The third-order valence-electron chi connectivity index (χ3n) is 1.99. The van der Waals surface area contributed by atoms with E-state index in [0.29, 0.717) is 6.42 Å². The molecule has 0 rings (SSSR count). The lowest BCUT2D eigenvalue weighted by Crippen LogP contribution is -2.16. The van der Waals surface area contributed by atoms with Crippen LogP contribution in [0.2, 0.25) is 0 Å². The SMILES string of the molecule is CCCCC(=O)/C(OCC)=C(\OCC)C(=O)O. The summed E-state index contributed by atoms with van der Waals surface area (Å²) in [6, 6.07) is 0. The second-order valence-corrected chi connectivity index (χ2v) is 3.36. The summed E-state index contributed by atoms with van der Waals surface area (Å²) in [4.78, 5) is 22.8. The summed E-state index contributed by atoms with van der Waals surface area (Å²) in [6.45, 7) is 5.72.